The fourth-order valence-electron chi connectivity index (χ4n) is 3.22. The summed E-state index contributed by atoms with van der Waals surface area (Å²) in [5, 5.41) is 0. The minimum absolute atomic E-state index is 0.140. The highest BCUT2D eigenvalue weighted by Crippen LogP contribution is 2.62. The van der Waals surface area contributed by atoms with Gasteiger partial charge in [0.05, 0.1) is 5.41 Å². The quantitative estimate of drug-likeness (QED) is 0.359. The van der Waals surface area contributed by atoms with Crippen LogP contribution >= 0.6 is 28.3 Å². The molecule has 24 heavy (non-hydrogen) atoms. The second kappa shape index (κ2) is 7.15. The molecule has 0 saturated carbocycles. The molecule has 0 aliphatic carbocycles. The maximum Gasteiger partial charge on any atom is 0.254 e. The summed E-state index contributed by atoms with van der Waals surface area (Å²) in [5.41, 5.74) is 2.39. The van der Waals surface area contributed by atoms with Crippen LogP contribution in [0, 0.1) is 0 Å². The summed E-state index contributed by atoms with van der Waals surface area (Å²) in [6.45, 7) is 0. The van der Waals surface area contributed by atoms with Gasteiger partial charge in [-0.3, -0.25) is 4.57 Å². The smallest absolute Gasteiger partial charge is 0.254 e. The lowest BCUT2D eigenvalue weighted by molar-refractivity contribution is 0.581. The third kappa shape index (κ3) is 3.59. The van der Waals surface area contributed by atoms with Crippen molar-refractivity contribution in [2.24, 2.45) is 0 Å². The average Bonchev–Trinajstić information content (AvgIpc) is 2.61. The Morgan fingerprint density at radius 2 is 0.917 bits per heavy atom. The first kappa shape index (κ1) is 17.3. The Kier molecular flexibility index (Phi) is 5.15. The molecule has 0 saturated heterocycles. The van der Waals surface area contributed by atoms with Gasteiger partial charge in [-0.2, -0.15) is 0 Å². The SMILES string of the molecule is O=P(Cl)(Cl)CC(c1ccccc1)(c1ccccc1)c1ccccc1. The van der Waals surface area contributed by atoms with E-state index >= 15 is 0 Å². The van der Waals surface area contributed by atoms with Gasteiger partial charge in [0, 0.05) is 6.16 Å². The lowest BCUT2D eigenvalue weighted by atomic mass is 9.71. The second-order valence-electron chi connectivity index (χ2n) is 5.73. The van der Waals surface area contributed by atoms with Gasteiger partial charge in [0.1, 0.15) is 0 Å². The molecule has 0 unspecified atom stereocenters. The molecule has 0 bridgehead atoms. The number of rotatable bonds is 5. The molecule has 0 radical (unpaired) electrons. The largest absolute Gasteiger partial charge is 0.289 e. The summed E-state index contributed by atoms with van der Waals surface area (Å²) in [4.78, 5) is 0. The highest BCUT2D eigenvalue weighted by Gasteiger charge is 2.41. The first-order chi connectivity index (χ1) is 11.5. The van der Waals surface area contributed by atoms with Crippen molar-refractivity contribution in [3.05, 3.63) is 108 Å². The van der Waals surface area contributed by atoms with Crippen molar-refractivity contribution in [2.45, 2.75) is 5.41 Å². The van der Waals surface area contributed by atoms with Crippen molar-refractivity contribution in [1.29, 1.82) is 0 Å². The van der Waals surface area contributed by atoms with Crippen molar-refractivity contribution in [3.63, 3.8) is 0 Å². The van der Waals surface area contributed by atoms with E-state index in [1.165, 1.54) is 0 Å². The van der Waals surface area contributed by atoms with Gasteiger partial charge >= 0.3 is 0 Å². The number of hydrogen-bond donors (Lipinski definition) is 0. The third-order valence-corrected chi connectivity index (χ3v) is 5.78. The molecule has 1 nitrogen and oxygen atoms in total. The second-order valence-corrected chi connectivity index (χ2v) is 11.0. The molecule has 0 amide bonds. The Balaban J connectivity index is 2.35. The third-order valence-electron chi connectivity index (χ3n) is 4.22. The molecule has 4 heteroatoms. The summed E-state index contributed by atoms with van der Waals surface area (Å²) in [5.74, 6) is -3.34. The molecule has 3 aromatic rings. The van der Waals surface area contributed by atoms with Crippen LogP contribution < -0.4 is 0 Å². The van der Waals surface area contributed by atoms with E-state index in [9.17, 15) is 4.57 Å². The maximum absolute atomic E-state index is 12.5. The van der Waals surface area contributed by atoms with Crippen LogP contribution in [0.4, 0.5) is 0 Å². The molecule has 0 atom stereocenters. The van der Waals surface area contributed by atoms with E-state index in [1.54, 1.807) is 0 Å². The molecule has 0 aromatic heterocycles. The zero-order valence-electron chi connectivity index (χ0n) is 13.0. The Hall–Kier alpha value is -1.53. The van der Waals surface area contributed by atoms with E-state index in [-0.39, 0.29) is 6.16 Å². The minimum Gasteiger partial charge on any atom is -0.289 e. The van der Waals surface area contributed by atoms with E-state index in [4.69, 9.17) is 22.5 Å². The van der Waals surface area contributed by atoms with Gasteiger partial charge in [-0.05, 0) is 39.2 Å². The maximum atomic E-state index is 12.5. The summed E-state index contributed by atoms with van der Waals surface area (Å²) < 4.78 is 12.5. The van der Waals surface area contributed by atoms with Crippen molar-refractivity contribution < 1.29 is 4.57 Å². The topological polar surface area (TPSA) is 17.1 Å². The number of halogens is 2. The van der Waals surface area contributed by atoms with Gasteiger partial charge in [-0.25, -0.2) is 0 Å². The predicted molar refractivity (Wildman–Crippen MR) is 103 cm³/mol. The van der Waals surface area contributed by atoms with Crippen LogP contribution in [-0.4, -0.2) is 6.16 Å². The highest BCUT2D eigenvalue weighted by atomic mass is 35.9. The summed E-state index contributed by atoms with van der Waals surface area (Å²) in [6.07, 6.45) is 0.140. The molecule has 0 aliphatic rings. The van der Waals surface area contributed by atoms with Crippen LogP contribution in [0.25, 0.3) is 0 Å². The normalized spacial score (nSPS) is 12.1. The zero-order chi connectivity index (χ0) is 17.0. The number of benzene rings is 3. The molecular weight excluding hydrogens is 358 g/mol. The first-order valence-electron chi connectivity index (χ1n) is 7.67. The van der Waals surface area contributed by atoms with E-state index in [0.717, 1.165) is 16.7 Å². The molecule has 0 fully saturated rings. The fraction of sp³-hybridized carbons (Fsp3) is 0.100. The molecule has 3 rings (SSSR count). The van der Waals surface area contributed by atoms with Crippen molar-refractivity contribution in [1.82, 2.24) is 0 Å². The zero-order valence-corrected chi connectivity index (χ0v) is 15.4. The van der Waals surface area contributed by atoms with E-state index < -0.39 is 11.3 Å². The van der Waals surface area contributed by atoms with Crippen LogP contribution in [0.2, 0.25) is 0 Å². The van der Waals surface area contributed by atoms with Gasteiger partial charge in [0.2, 0.25) is 0 Å². The minimum atomic E-state index is -3.34. The fourth-order valence-corrected chi connectivity index (χ4v) is 5.39. The van der Waals surface area contributed by atoms with E-state index in [2.05, 4.69) is 0 Å². The van der Waals surface area contributed by atoms with Gasteiger partial charge < -0.3 is 0 Å². The van der Waals surface area contributed by atoms with Crippen LogP contribution in [-0.2, 0) is 9.98 Å². The molecular formula is C20H17Cl2OP. The Morgan fingerprint density at radius 3 is 1.17 bits per heavy atom. The lowest BCUT2D eigenvalue weighted by Gasteiger charge is -2.36. The summed E-state index contributed by atoms with van der Waals surface area (Å²) in [7, 11) is 0. The Morgan fingerprint density at radius 1 is 0.625 bits per heavy atom. The summed E-state index contributed by atoms with van der Waals surface area (Å²) >= 11 is 12.2. The molecule has 0 heterocycles. The predicted octanol–water partition coefficient (Wildman–Crippen LogP) is 6.69. The van der Waals surface area contributed by atoms with Crippen molar-refractivity contribution in [3.8, 4) is 0 Å². The standard InChI is InChI=1S/C20H17Cl2OP/c21-24(22,23)16-20(17-10-4-1-5-11-17,18-12-6-2-7-13-18)19-14-8-3-9-15-19/h1-15H,16H2. The summed E-state index contributed by atoms with van der Waals surface area (Å²) in [6, 6.07) is 29.9. The van der Waals surface area contributed by atoms with Crippen molar-refractivity contribution >= 4 is 28.3 Å². The van der Waals surface area contributed by atoms with Gasteiger partial charge in [-0.15, -0.1) is 0 Å². The lowest BCUT2D eigenvalue weighted by Crippen LogP contribution is -2.32. The highest BCUT2D eigenvalue weighted by molar-refractivity contribution is 8.08. The van der Waals surface area contributed by atoms with Gasteiger partial charge in [0.25, 0.3) is 5.85 Å². The van der Waals surface area contributed by atoms with Crippen molar-refractivity contribution in [2.75, 3.05) is 6.16 Å². The first-order valence-corrected chi connectivity index (χ1v) is 11.4. The molecule has 0 N–H and O–H groups in total. The molecule has 0 aliphatic heterocycles. The van der Waals surface area contributed by atoms with E-state index in [0.29, 0.717) is 0 Å². The van der Waals surface area contributed by atoms with Crippen LogP contribution in [0.1, 0.15) is 16.7 Å². The molecule has 0 spiro atoms. The Labute approximate surface area is 152 Å². The monoisotopic (exact) mass is 374 g/mol. The average molecular weight is 375 g/mol. The van der Waals surface area contributed by atoms with Crippen LogP contribution in [0.15, 0.2) is 91.0 Å². The Bertz CT molecular complexity index is 733. The molecule has 122 valence electrons. The van der Waals surface area contributed by atoms with Crippen LogP contribution in [0.3, 0.4) is 0 Å². The van der Waals surface area contributed by atoms with Gasteiger partial charge in [-0.1, -0.05) is 91.0 Å². The number of hydrogen-bond acceptors (Lipinski definition) is 1. The van der Waals surface area contributed by atoms with E-state index in [1.807, 2.05) is 91.0 Å². The molecule has 3 aromatic carbocycles. The van der Waals surface area contributed by atoms with Gasteiger partial charge in [0.15, 0.2) is 0 Å². The van der Waals surface area contributed by atoms with Crippen LogP contribution in [0.5, 0.6) is 0 Å².